The van der Waals surface area contributed by atoms with Crippen LogP contribution in [0.15, 0.2) is 212 Å². The number of hydrogen-bond donors (Lipinski definition) is 0. The smallest absolute Gasteiger partial charge is 0.164 e. The van der Waals surface area contributed by atoms with Crippen LogP contribution in [0.4, 0.5) is 0 Å². The summed E-state index contributed by atoms with van der Waals surface area (Å²) in [5.74, 6) is 1.80. The van der Waals surface area contributed by atoms with E-state index < -0.39 is 0 Å². The first-order valence-electron chi connectivity index (χ1n) is 19.9. The van der Waals surface area contributed by atoms with Crippen LogP contribution in [-0.2, 0) is 0 Å². The topological polar surface area (TPSA) is 51.6 Å². The van der Waals surface area contributed by atoms with Gasteiger partial charge in [0.05, 0.1) is 11.4 Å². The fourth-order valence-electron chi connectivity index (χ4n) is 7.57. The Morgan fingerprint density at radius 2 is 0.644 bits per heavy atom. The minimum atomic E-state index is 0.588. The number of aromatic nitrogens is 4. The zero-order valence-corrected chi connectivity index (χ0v) is 32.5. The third kappa shape index (κ3) is 7.55. The first-order chi connectivity index (χ1) is 29.1. The van der Waals surface area contributed by atoms with Crippen molar-refractivity contribution >= 4 is 10.8 Å². The van der Waals surface area contributed by atoms with Gasteiger partial charge in [-0.15, -0.1) is 0 Å². The zero-order chi connectivity index (χ0) is 39.5. The molecule has 10 rings (SSSR count). The molecule has 0 unspecified atom stereocenters. The SMILES string of the molecule is Cc1ccc(-c2cc(-c3cccc(-c4ccc5ccccc5c4)n3)cc(-c3nc(-c4ccc(-c5ccccc5)cc4)nc(-c4ccc(-c5ccccc5)cc4)n3)c2)cc1. The van der Waals surface area contributed by atoms with E-state index in [9.17, 15) is 0 Å². The Hall–Kier alpha value is -7.82. The summed E-state index contributed by atoms with van der Waals surface area (Å²) >= 11 is 0. The van der Waals surface area contributed by atoms with Gasteiger partial charge in [0.15, 0.2) is 17.5 Å². The van der Waals surface area contributed by atoms with Gasteiger partial charge >= 0.3 is 0 Å². The molecule has 4 heteroatoms. The van der Waals surface area contributed by atoms with Gasteiger partial charge in [0.25, 0.3) is 0 Å². The second kappa shape index (κ2) is 15.6. The summed E-state index contributed by atoms with van der Waals surface area (Å²) in [6, 6.07) is 74.1. The van der Waals surface area contributed by atoms with Crippen LogP contribution in [0.3, 0.4) is 0 Å². The Balaban J connectivity index is 1.12. The Morgan fingerprint density at radius 1 is 0.237 bits per heavy atom. The van der Waals surface area contributed by atoms with E-state index in [4.69, 9.17) is 19.9 Å². The molecular formula is C55H38N4. The van der Waals surface area contributed by atoms with Crippen molar-refractivity contribution in [3.63, 3.8) is 0 Å². The van der Waals surface area contributed by atoms with Crippen LogP contribution in [0.2, 0.25) is 0 Å². The minimum Gasteiger partial charge on any atom is -0.248 e. The molecular weight excluding hydrogens is 717 g/mol. The Bertz CT molecular complexity index is 2970. The average Bonchev–Trinajstić information content (AvgIpc) is 3.32. The van der Waals surface area contributed by atoms with E-state index in [0.29, 0.717) is 17.5 Å². The highest BCUT2D eigenvalue weighted by molar-refractivity contribution is 5.87. The van der Waals surface area contributed by atoms with Gasteiger partial charge in [0.2, 0.25) is 0 Å². The lowest BCUT2D eigenvalue weighted by atomic mass is 9.96. The Morgan fingerprint density at radius 3 is 1.24 bits per heavy atom. The molecule has 0 fully saturated rings. The van der Waals surface area contributed by atoms with Gasteiger partial charge < -0.3 is 0 Å². The monoisotopic (exact) mass is 754 g/mol. The summed E-state index contributed by atoms with van der Waals surface area (Å²) in [6.07, 6.45) is 0. The maximum absolute atomic E-state index is 5.25. The van der Waals surface area contributed by atoms with Crippen LogP contribution >= 0.6 is 0 Å². The van der Waals surface area contributed by atoms with Crippen molar-refractivity contribution in [2.24, 2.45) is 0 Å². The first-order valence-corrected chi connectivity index (χ1v) is 19.9. The van der Waals surface area contributed by atoms with Gasteiger partial charge in [-0.25, -0.2) is 19.9 Å². The van der Waals surface area contributed by atoms with E-state index in [1.807, 2.05) is 12.1 Å². The molecule has 0 radical (unpaired) electrons. The molecule has 2 heterocycles. The summed E-state index contributed by atoms with van der Waals surface area (Å²) in [6.45, 7) is 2.11. The molecule has 0 saturated heterocycles. The number of nitrogens with zero attached hydrogens (tertiary/aromatic N) is 4. The van der Waals surface area contributed by atoms with Crippen molar-refractivity contribution in [3.8, 4) is 90.1 Å². The van der Waals surface area contributed by atoms with Crippen molar-refractivity contribution in [1.82, 2.24) is 19.9 Å². The molecule has 0 atom stereocenters. The number of benzene rings is 8. The highest BCUT2D eigenvalue weighted by Gasteiger charge is 2.16. The highest BCUT2D eigenvalue weighted by atomic mass is 15.0. The van der Waals surface area contributed by atoms with Gasteiger partial charge in [-0.05, 0) is 87.5 Å². The average molecular weight is 755 g/mol. The number of fused-ring (bicyclic) bond motifs is 1. The lowest BCUT2D eigenvalue weighted by Crippen LogP contribution is -2.01. The summed E-state index contributed by atoms with van der Waals surface area (Å²) in [5, 5.41) is 2.39. The summed E-state index contributed by atoms with van der Waals surface area (Å²) < 4.78 is 0. The van der Waals surface area contributed by atoms with E-state index in [0.717, 1.165) is 72.6 Å². The molecule has 2 aromatic heterocycles. The Labute approximate surface area is 344 Å². The summed E-state index contributed by atoms with van der Waals surface area (Å²) in [5.41, 5.74) is 14.5. The molecule has 0 aliphatic rings. The zero-order valence-electron chi connectivity index (χ0n) is 32.5. The van der Waals surface area contributed by atoms with Gasteiger partial charge in [0.1, 0.15) is 0 Å². The van der Waals surface area contributed by atoms with Gasteiger partial charge in [0, 0.05) is 27.8 Å². The maximum atomic E-state index is 5.25. The van der Waals surface area contributed by atoms with Crippen LogP contribution in [-0.4, -0.2) is 19.9 Å². The van der Waals surface area contributed by atoms with Crippen molar-refractivity contribution in [2.75, 3.05) is 0 Å². The molecule has 0 N–H and O–H groups in total. The standard InChI is InChI=1S/C55H38N4/c1-37-19-21-43(22-20-37)48-34-49(52-18-10-17-51(56-52)47-32-27-40-15-8-9-16-46(40)33-47)36-50(35-48)55-58-53(44-28-23-41(24-29-44)38-11-4-2-5-12-38)57-54(59-55)45-30-25-42(26-31-45)39-13-6-3-7-14-39/h2-36H,1H3. The predicted octanol–water partition coefficient (Wildman–Crippen LogP) is 14.1. The molecule has 8 aromatic carbocycles. The molecule has 0 saturated carbocycles. The minimum absolute atomic E-state index is 0.588. The van der Waals surface area contributed by atoms with Crippen LogP contribution < -0.4 is 0 Å². The van der Waals surface area contributed by atoms with Crippen LogP contribution in [0.25, 0.3) is 101 Å². The number of hydrogen-bond acceptors (Lipinski definition) is 4. The van der Waals surface area contributed by atoms with Crippen molar-refractivity contribution in [2.45, 2.75) is 6.92 Å². The molecule has 4 nitrogen and oxygen atoms in total. The molecule has 0 aliphatic heterocycles. The van der Waals surface area contributed by atoms with Crippen LogP contribution in [0.1, 0.15) is 5.56 Å². The Kier molecular flexibility index (Phi) is 9.41. The summed E-state index contributed by atoms with van der Waals surface area (Å²) in [7, 11) is 0. The molecule has 59 heavy (non-hydrogen) atoms. The van der Waals surface area contributed by atoms with Gasteiger partial charge in [-0.3, -0.25) is 0 Å². The number of pyridine rings is 1. The maximum Gasteiger partial charge on any atom is 0.164 e. The molecule has 0 aliphatic carbocycles. The van der Waals surface area contributed by atoms with Crippen molar-refractivity contribution in [1.29, 1.82) is 0 Å². The molecule has 0 bridgehead atoms. The van der Waals surface area contributed by atoms with E-state index in [1.54, 1.807) is 0 Å². The second-order valence-electron chi connectivity index (χ2n) is 14.8. The molecule has 10 aromatic rings. The molecule has 278 valence electrons. The third-order valence-electron chi connectivity index (χ3n) is 10.8. The molecule has 0 spiro atoms. The van der Waals surface area contributed by atoms with Gasteiger partial charge in [-0.2, -0.15) is 0 Å². The fourth-order valence-corrected chi connectivity index (χ4v) is 7.57. The quantitative estimate of drug-likeness (QED) is 0.155. The van der Waals surface area contributed by atoms with Crippen molar-refractivity contribution < 1.29 is 0 Å². The number of aryl methyl sites for hydroxylation is 1. The molecule has 0 amide bonds. The summed E-state index contributed by atoms with van der Waals surface area (Å²) in [4.78, 5) is 20.8. The van der Waals surface area contributed by atoms with E-state index in [-0.39, 0.29) is 0 Å². The van der Waals surface area contributed by atoms with Gasteiger partial charge in [-0.1, -0.05) is 181 Å². The first kappa shape index (κ1) is 35.6. The van der Waals surface area contributed by atoms with Crippen LogP contribution in [0.5, 0.6) is 0 Å². The predicted molar refractivity (Wildman–Crippen MR) is 243 cm³/mol. The fraction of sp³-hybridized carbons (Fsp3) is 0.0182. The lowest BCUT2D eigenvalue weighted by Gasteiger charge is -2.13. The van der Waals surface area contributed by atoms with E-state index in [2.05, 4.69) is 207 Å². The largest absolute Gasteiger partial charge is 0.248 e. The highest BCUT2D eigenvalue weighted by Crippen LogP contribution is 2.35. The second-order valence-corrected chi connectivity index (χ2v) is 14.8. The number of rotatable bonds is 8. The van der Waals surface area contributed by atoms with Crippen LogP contribution in [0, 0.1) is 6.92 Å². The third-order valence-corrected chi connectivity index (χ3v) is 10.8. The van der Waals surface area contributed by atoms with E-state index in [1.165, 1.54) is 16.3 Å². The lowest BCUT2D eigenvalue weighted by molar-refractivity contribution is 1.07. The van der Waals surface area contributed by atoms with Crippen molar-refractivity contribution in [3.05, 3.63) is 218 Å². The normalized spacial score (nSPS) is 11.1. The van der Waals surface area contributed by atoms with E-state index >= 15 is 0 Å².